The maximum Gasteiger partial charge on any atom is 0.307 e. The third kappa shape index (κ3) is 3.65. The molecule has 3 atom stereocenters. The van der Waals surface area contributed by atoms with E-state index in [1.165, 1.54) is 6.92 Å². The molecule has 0 saturated heterocycles. The van der Waals surface area contributed by atoms with Gasteiger partial charge in [0.05, 0.1) is 12.1 Å². The molecule has 1 aliphatic rings. The Hall–Kier alpha value is -2.88. The van der Waals surface area contributed by atoms with E-state index in [9.17, 15) is 9.59 Å². The van der Waals surface area contributed by atoms with Crippen LogP contribution in [0.5, 0.6) is 0 Å². The molecule has 2 aromatic carbocycles. The van der Waals surface area contributed by atoms with E-state index in [4.69, 9.17) is 4.74 Å². The third-order valence-corrected chi connectivity index (χ3v) is 5.14. The molecular formula is C23H25NO3. The topological polar surface area (TPSA) is 46.6 Å². The molecule has 1 amide bonds. The normalized spacial score (nSPS) is 22.5. The average molecular weight is 363 g/mol. The fourth-order valence-corrected chi connectivity index (χ4v) is 4.10. The van der Waals surface area contributed by atoms with Gasteiger partial charge < -0.3 is 9.64 Å². The van der Waals surface area contributed by atoms with Crippen molar-refractivity contribution < 1.29 is 14.3 Å². The number of rotatable bonds is 3. The van der Waals surface area contributed by atoms with E-state index in [1.807, 2.05) is 79.4 Å². The lowest BCUT2D eigenvalue weighted by atomic mass is 9.80. The van der Waals surface area contributed by atoms with E-state index in [1.54, 1.807) is 6.92 Å². The SMILES string of the molecule is CC(=O)OC1=C(C)[C@@H](c2ccccc2)N(C(C)=O)[C@H](c2ccccc2)[C@@H]1C. The Labute approximate surface area is 160 Å². The van der Waals surface area contributed by atoms with Crippen LogP contribution in [0.15, 0.2) is 72.0 Å². The van der Waals surface area contributed by atoms with Crippen LogP contribution in [-0.4, -0.2) is 16.8 Å². The molecule has 0 bridgehead atoms. The summed E-state index contributed by atoms with van der Waals surface area (Å²) in [4.78, 5) is 26.5. The van der Waals surface area contributed by atoms with Gasteiger partial charge in [-0.25, -0.2) is 0 Å². The van der Waals surface area contributed by atoms with E-state index in [0.29, 0.717) is 5.76 Å². The summed E-state index contributed by atoms with van der Waals surface area (Å²) < 4.78 is 5.65. The smallest absolute Gasteiger partial charge is 0.307 e. The molecule has 3 rings (SSSR count). The maximum atomic E-state index is 12.8. The highest BCUT2D eigenvalue weighted by Gasteiger charge is 2.43. The highest BCUT2D eigenvalue weighted by Crippen LogP contribution is 2.48. The lowest BCUT2D eigenvalue weighted by Gasteiger charge is -2.46. The van der Waals surface area contributed by atoms with Crippen LogP contribution >= 0.6 is 0 Å². The summed E-state index contributed by atoms with van der Waals surface area (Å²) >= 11 is 0. The van der Waals surface area contributed by atoms with Crippen LogP contribution in [0.1, 0.15) is 50.9 Å². The molecule has 0 unspecified atom stereocenters. The molecule has 2 aromatic rings. The van der Waals surface area contributed by atoms with Gasteiger partial charge in [-0.05, 0) is 23.6 Å². The second kappa shape index (κ2) is 7.78. The van der Waals surface area contributed by atoms with Gasteiger partial charge in [-0.2, -0.15) is 0 Å². The van der Waals surface area contributed by atoms with Gasteiger partial charge in [-0.15, -0.1) is 0 Å². The first kappa shape index (κ1) is 18.9. The number of nitrogens with zero attached hydrogens (tertiary/aromatic N) is 1. The first-order valence-corrected chi connectivity index (χ1v) is 9.19. The number of esters is 1. The third-order valence-electron chi connectivity index (χ3n) is 5.14. The van der Waals surface area contributed by atoms with Gasteiger partial charge in [-0.3, -0.25) is 9.59 Å². The van der Waals surface area contributed by atoms with Gasteiger partial charge in [0.2, 0.25) is 5.91 Å². The van der Waals surface area contributed by atoms with Crippen LogP contribution in [-0.2, 0) is 14.3 Å². The quantitative estimate of drug-likeness (QED) is 0.736. The molecule has 140 valence electrons. The summed E-state index contributed by atoms with van der Waals surface area (Å²) in [5.74, 6) is 0.166. The zero-order chi connectivity index (χ0) is 19.6. The summed E-state index contributed by atoms with van der Waals surface area (Å²) in [7, 11) is 0. The fraction of sp³-hybridized carbons (Fsp3) is 0.304. The van der Waals surface area contributed by atoms with Gasteiger partial charge in [0.15, 0.2) is 0 Å². The van der Waals surface area contributed by atoms with Crippen molar-refractivity contribution >= 4 is 11.9 Å². The minimum Gasteiger partial charge on any atom is -0.431 e. The lowest BCUT2D eigenvalue weighted by molar-refractivity contribution is -0.141. The molecule has 0 fully saturated rings. The predicted octanol–water partition coefficient (Wildman–Crippen LogP) is 4.80. The van der Waals surface area contributed by atoms with Crippen molar-refractivity contribution in [2.75, 3.05) is 0 Å². The van der Waals surface area contributed by atoms with E-state index in [0.717, 1.165) is 16.7 Å². The Morgan fingerprint density at radius 1 is 0.889 bits per heavy atom. The van der Waals surface area contributed by atoms with Crippen LogP contribution in [0.3, 0.4) is 0 Å². The van der Waals surface area contributed by atoms with E-state index in [-0.39, 0.29) is 29.9 Å². The Morgan fingerprint density at radius 3 is 1.89 bits per heavy atom. The molecule has 0 radical (unpaired) electrons. The molecule has 0 saturated carbocycles. The van der Waals surface area contributed by atoms with Crippen LogP contribution in [0.25, 0.3) is 0 Å². The Kier molecular flexibility index (Phi) is 5.45. The summed E-state index contributed by atoms with van der Waals surface area (Å²) in [6.07, 6.45) is 0. The first-order chi connectivity index (χ1) is 12.9. The number of hydrogen-bond donors (Lipinski definition) is 0. The highest BCUT2D eigenvalue weighted by molar-refractivity contribution is 5.76. The molecule has 1 heterocycles. The van der Waals surface area contributed by atoms with E-state index < -0.39 is 0 Å². The number of benzene rings is 2. The molecule has 0 aliphatic carbocycles. The minimum atomic E-state index is -0.342. The van der Waals surface area contributed by atoms with E-state index >= 15 is 0 Å². The molecule has 4 heteroatoms. The van der Waals surface area contributed by atoms with Gasteiger partial charge in [0.25, 0.3) is 0 Å². The van der Waals surface area contributed by atoms with Gasteiger partial charge in [0, 0.05) is 19.8 Å². The second-order valence-corrected chi connectivity index (χ2v) is 7.02. The summed E-state index contributed by atoms with van der Waals surface area (Å²) in [6.45, 7) is 6.97. The van der Waals surface area contributed by atoms with Crippen LogP contribution in [0.2, 0.25) is 0 Å². The molecule has 0 aromatic heterocycles. The molecule has 1 aliphatic heterocycles. The standard InChI is InChI=1S/C23H25NO3/c1-15-21(19-11-7-5-8-12-19)24(17(3)25)22(20-13-9-6-10-14-20)16(2)23(15)27-18(4)26/h5-15,21-22H,1-4H3/t15-,21-,22-/m0/s1. The largest absolute Gasteiger partial charge is 0.431 e. The number of carbonyl (C=O) groups is 2. The minimum absolute atomic E-state index is 0.00854. The zero-order valence-corrected chi connectivity index (χ0v) is 16.2. The van der Waals surface area contributed by atoms with Gasteiger partial charge in [-0.1, -0.05) is 67.6 Å². The zero-order valence-electron chi connectivity index (χ0n) is 16.2. The average Bonchev–Trinajstić information content (AvgIpc) is 2.65. The van der Waals surface area contributed by atoms with Crippen molar-refractivity contribution in [1.29, 1.82) is 0 Å². The monoisotopic (exact) mass is 363 g/mol. The summed E-state index contributed by atoms with van der Waals surface area (Å²) in [6, 6.07) is 19.3. The Morgan fingerprint density at radius 2 is 1.41 bits per heavy atom. The summed E-state index contributed by atoms with van der Waals surface area (Å²) in [5.41, 5.74) is 2.92. The molecule has 27 heavy (non-hydrogen) atoms. The lowest BCUT2D eigenvalue weighted by Crippen LogP contribution is -2.44. The van der Waals surface area contributed by atoms with Crippen LogP contribution in [0, 0.1) is 5.92 Å². The van der Waals surface area contributed by atoms with E-state index in [2.05, 4.69) is 0 Å². The van der Waals surface area contributed by atoms with Crippen molar-refractivity contribution in [3.05, 3.63) is 83.1 Å². The molecule has 0 spiro atoms. The Balaban J connectivity index is 2.23. The molecule has 4 nitrogen and oxygen atoms in total. The maximum absolute atomic E-state index is 12.8. The number of hydrogen-bond acceptors (Lipinski definition) is 3. The number of carbonyl (C=O) groups excluding carboxylic acids is 2. The predicted molar refractivity (Wildman–Crippen MR) is 105 cm³/mol. The molecular weight excluding hydrogens is 338 g/mol. The van der Waals surface area contributed by atoms with Crippen molar-refractivity contribution in [2.45, 2.75) is 39.8 Å². The van der Waals surface area contributed by atoms with Crippen molar-refractivity contribution in [1.82, 2.24) is 4.90 Å². The van der Waals surface area contributed by atoms with Crippen molar-refractivity contribution in [2.24, 2.45) is 5.92 Å². The fourth-order valence-electron chi connectivity index (χ4n) is 4.10. The van der Waals surface area contributed by atoms with Crippen molar-refractivity contribution in [3.8, 4) is 0 Å². The van der Waals surface area contributed by atoms with Gasteiger partial charge >= 0.3 is 5.97 Å². The Bertz CT molecular complexity index is 858. The highest BCUT2D eigenvalue weighted by atomic mass is 16.5. The van der Waals surface area contributed by atoms with Crippen molar-refractivity contribution in [3.63, 3.8) is 0 Å². The molecule has 0 N–H and O–H groups in total. The number of amides is 1. The van der Waals surface area contributed by atoms with Crippen LogP contribution in [0.4, 0.5) is 0 Å². The second-order valence-electron chi connectivity index (χ2n) is 7.02. The van der Waals surface area contributed by atoms with Crippen LogP contribution < -0.4 is 0 Å². The summed E-state index contributed by atoms with van der Waals surface area (Å²) in [5, 5.41) is 0. The number of ether oxygens (including phenoxy) is 1. The first-order valence-electron chi connectivity index (χ1n) is 9.19. The van der Waals surface area contributed by atoms with Gasteiger partial charge in [0.1, 0.15) is 5.76 Å².